The molecule has 1 rings (SSSR count). The lowest BCUT2D eigenvalue weighted by molar-refractivity contribution is 0.527. The van der Waals surface area contributed by atoms with E-state index in [-0.39, 0.29) is 0 Å². The third-order valence-corrected chi connectivity index (χ3v) is 4.69. The Morgan fingerprint density at radius 2 is 1.36 bits per heavy atom. The fourth-order valence-electron chi connectivity index (χ4n) is 2.63. The second-order valence-corrected chi connectivity index (χ2v) is 6.71. The van der Waals surface area contributed by atoms with E-state index in [0.29, 0.717) is 6.54 Å². The first-order chi connectivity index (χ1) is 10.8. The lowest BCUT2D eigenvalue weighted by atomic mass is 10.1. The number of benzene rings is 1. The van der Waals surface area contributed by atoms with Crippen molar-refractivity contribution < 1.29 is 8.76 Å². The standard InChI is InChI=1S/C18H31NO2S/c1-2-3-4-5-6-7-8-9-10-14-17-19(22(20)21)18-15-12-11-13-16-18/h11-13,15-16H,2-10,14,17H2,1H3,(H,20,21)/p-1. The van der Waals surface area contributed by atoms with E-state index in [2.05, 4.69) is 6.92 Å². The Bertz CT molecular complexity index is 397. The normalized spacial score (nSPS) is 12.3. The molecule has 0 saturated carbocycles. The first-order valence-electron chi connectivity index (χ1n) is 8.67. The van der Waals surface area contributed by atoms with Crippen molar-refractivity contribution in [2.24, 2.45) is 0 Å². The largest absolute Gasteiger partial charge is 0.755 e. The number of nitrogens with zero attached hydrogens (tertiary/aromatic N) is 1. The second-order valence-electron chi connectivity index (χ2n) is 5.84. The summed E-state index contributed by atoms with van der Waals surface area (Å²) in [6.07, 6.45) is 12.6. The van der Waals surface area contributed by atoms with Gasteiger partial charge in [0, 0.05) is 23.5 Å². The van der Waals surface area contributed by atoms with Gasteiger partial charge in [0.05, 0.1) is 0 Å². The van der Waals surface area contributed by atoms with Crippen LogP contribution in [0, 0.1) is 0 Å². The van der Waals surface area contributed by atoms with Crippen LogP contribution >= 0.6 is 0 Å². The zero-order valence-electron chi connectivity index (χ0n) is 13.8. The summed E-state index contributed by atoms with van der Waals surface area (Å²) < 4.78 is 24.1. The molecule has 0 aliphatic carbocycles. The number of rotatable bonds is 13. The van der Waals surface area contributed by atoms with Crippen molar-refractivity contribution in [3.63, 3.8) is 0 Å². The maximum atomic E-state index is 11.3. The fraction of sp³-hybridized carbons (Fsp3) is 0.667. The van der Waals surface area contributed by atoms with Crippen molar-refractivity contribution in [1.82, 2.24) is 0 Å². The van der Waals surface area contributed by atoms with Gasteiger partial charge < -0.3 is 8.86 Å². The summed E-state index contributed by atoms with van der Waals surface area (Å²) in [7, 11) is 0. The molecule has 22 heavy (non-hydrogen) atoms. The van der Waals surface area contributed by atoms with Crippen molar-refractivity contribution in [3.05, 3.63) is 30.3 Å². The Morgan fingerprint density at radius 1 is 0.864 bits per heavy atom. The minimum atomic E-state index is -2.18. The van der Waals surface area contributed by atoms with E-state index in [4.69, 9.17) is 0 Å². The molecule has 0 saturated heterocycles. The van der Waals surface area contributed by atoms with Gasteiger partial charge in [-0.05, 0) is 18.6 Å². The average molecular weight is 325 g/mol. The van der Waals surface area contributed by atoms with E-state index in [1.807, 2.05) is 30.3 Å². The summed E-state index contributed by atoms with van der Waals surface area (Å²) in [6, 6.07) is 9.32. The van der Waals surface area contributed by atoms with Gasteiger partial charge in [-0.3, -0.25) is 4.21 Å². The Kier molecular flexibility index (Phi) is 11.0. The smallest absolute Gasteiger partial charge is 0.0482 e. The van der Waals surface area contributed by atoms with Crippen LogP contribution in [0.2, 0.25) is 0 Å². The number of para-hydroxylation sites is 1. The topological polar surface area (TPSA) is 43.4 Å². The molecule has 0 aliphatic rings. The molecule has 4 heteroatoms. The van der Waals surface area contributed by atoms with Gasteiger partial charge in [-0.1, -0.05) is 82.9 Å². The molecule has 1 atom stereocenters. The van der Waals surface area contributed by atoms with Crippen molar-refractivity contribution in [2.45, 2.75) is 71.1 Å². The maximum Gasteiger partial charge on any atom is 0.0482 e. The minimum Gasteiger partial charge on any atom is -0.755 e. The highest BCUT2D eigenvalue weighted by Crippen LogP contribution is 2.16. The molecular formula is C18H30NO2S-. The third kappa shape index (κ3) is 8.54. The number of hydrogen-bond donors (Lipinski definition) is 0. The van der Waals surface area contributed by atoms with Crippen LogP contribution in [-0.4, -0.2) is 15.3 Å². The molecule has 0 heterocycles. The fourth-order valence-corrected chi connectivity index (χ4v) is 3.20. The van der Waals surface area contributed by atoms with Crippen LogP contribution in [0.15, 0.2) is 30.3 Å². The van der Waals surface area contributed by atoms with E-state index in [9.17, 15) is 8.76 Å². The van der Waals surface area contributed by atoms with Gasteiger partial charge >= 0.3 is 0 Å². The molecule has 1 aromatic rings. The quantitative estimate of drug-likeness (QED) is 0.369. The summed E-state index contributed by atoms with van der Waals surface area (Å²) in [4.78, 5) is 0. The molecule has 0 N–H and O–H groups in total. The van der Waals surface area contributed by atoms with Crippen LogP contribution in [-0.2, 0) is 11.3 Å². The summed E-state index contributed by atoms with van der Waals surface area (Å²) >= 11 is -2.18. The number of hydrogen-bond acceptors (Lipinski definition) is 2. The van der Waals surface area contributed by atoms with Crippen LogP contribution < -0.4 is 4.31 Å². The molecule has 0 amide bonds. The monoisotopic (exact) mass is 324 g/mol. The van der Waals surface area contributed by atoms with Gasteiger partial charge in [0.15, 0.2) is 0 Å². The van der Waals surface area contributed by atoms with E-state index in [0.717, 1.165) is 18.5 Å². The Balaban J connectivity index is 2.08. The van der Waals surface area contributed by atoms with E-state index in [1.165, 1.54) is 55.7 Å². The SMILES string of the molecule is CCCCCCCCCCCCN(c1ccccc1)S(=O)[O-]. The van der Waals surface area contributed by atoms with Crippen LogP contribution in [0.5, 0.6) is 0 Å². The van der Waals surface area contributed by atoms with Gasteiger partial charge in [0.2, 0.25) is 0 Å². The highest BCUT2D eigenvalue weighted by molar-refractivity contribution is 7.80. The molecule has 3 nitrogen and oxygen atoms in total. The first kappa shape index (κ1) is 19.2. The maximum absolute atomic E-state index is 11.3. The molecule has 0 fully saturated rings. The molecule has 0 bridgehead atoms. The molecule has 0 spiro atoms. The molecule has 126 valence electrons. The summed E-state index contributed by atoms with van der Waals surface area (Å²) in [5.74, 6) is 0. The predicted octanol–water partition coefficient (Wildman–Crippen LogP) is 5.21. The molecule has 0 aliphatic heterocycles. The zero-order valence-corrected chi connectivity index (χ0v) is 14.7. The van der Waals surface area contributed by atoms with Crippen LogP contribution in [0.1, 0.15) is 71.1 Å². The molecule has 1 aromatic carbocycles. The number of anilines is 1. The minimum absolute atomic E-state index is 0.580. The Hall–Kier alpha value is -0.870. The van der Waals surface area contributed by atoms with Gasteiger partial charge in [-0.15, -0.1) is 0 Å². The molecule has 0 radical (unpaired) electrons. The predicted molar refractivity (Wildman–Crippen MR) is 94.6 cm³/mol. The zero-order chi connectivity index (χ0) is 16.0. The van der Waals surface area contributed by atoms with Crippen LogP contribution in [0.3, 0.4) is 0 Å². The van der Waals surface area contributed by atoms with E-state index in [1.54, 1.807) is 0 Å². The van der Waals surface area contributed by atoms with Gasteiger partial charge in [0.1, 0.15) is 0 Å². The van der Waals surface area contributed by atoms with Gasteiger partial charge in [-0.25, -0.2) is 0 Å². The lowest BCUT2D eigenvalue weighted by Crippen LogP contribution is -2.26. The van der Waals surface area contributed by atoms with Crippen LogP contribution in [0.4, 0.5) is 5.69 Å². The Morgan fingerprint density at radius 3 is 1.86 bits per heavy atom. The molecular weight excluding hydrogens is 294 g/mol. The average Bonchev–Trinajstić information content (AvgIpc) is 2.53. The van der Waals surface area contributed by atoms with Gasteiger partial charge in [-0.2, -0.15) is 0 Å². The summed E-state index contributed by atoms with van der Waals surface area (Å²) in [5, 5.41) is 0. The highest BCUT2D eigenvalue weighted by Gasteiger charge is 2.05. The highest BCUT2D eigenvalue weighted by atomic mass is 32.2. The molecule has 1 unspecified atom stereocenters. The van der Waals surface area contributed by atoms with E-state index >= 15 is 0 Å². The van der Waals surface area contributed by atoms with Crippen molar-refractivity contribution in [3.8, 4) is 0 Å². The van der Waals surface area contributed by atoms with Crippen molar-refractivity contribution in [1.29, 1.82) is 0 Å². The summed E-state index contributed by atoms with van der Waals surface area (Å²) in [5.41, 5.74) is 0.756. The number of unbranched alkanes of at least 4 members (excludes halogenated alkanes) is 9. The van der Waals surface area contributed by atoms with Crippen molar-refractivity contribution in [2.75, 3.05) is 10.8 Å². The Labute approximate surface area is 138 Å². The summed E-state index contributed by atoms with van der Waals surface area (Å²) in [6.45, 7) is 2.82. The third-order valence-electron chi connectivity index (χ3n) is 3.94. The van der Waals surface area contributed by atoms with Crippen LogP contribution in [0.25, 0.3) is 0 Å². The van der Waals surface area contributed by atoms with E-state index < -0.39 is 11.3 Å². The first-order valence-corrected chi connectivity index (χ1v) is 9.71. The lowest BCUT2D eigenvalue weighted by Gasteiger charge is -2.26. The molecule has 0 aromatic heterocycles. The van der Waals surface area contributed by atoms with Gasteiger partial charge in [0.25, 0.3) is 0 Å². The van der Waals surface area contributed by atoms with Crippen molar-refractivity contribution >= 4 is 17.0 Å². The second kappa shape index (κ2) is 12.7.